The number of nitrogens with two attached hydrogens (primary N) is 3. The van der Waals surface area contributed by atoms with E-state index in [1.807, 2.05) is 36.4 Å². The molecule has 0 bridgehead atoms. The number of fused-ring (bicyclic) bond motifs is 3. The van der Waals surface area contributed by atoms with E-state index in [2.05, 4.69) is 76.1 Å². The molecular formula is C41H40F3N13O2S. The largest absolute Gasteiger partial charge is 0.502 e. The van der Waals surface area contributed by atoms with Gasteiger partial charge in [0, 0.05) is 42.8 Å². The number of aryl methyl sites for hydroxylation is 3. The summed E-state index contributed by atoms with van der Waals surface area (Å²) in [6, 6.07) is 27.6. The number of anilines is 9. The molecule has 6 aromatic rings. The van der Waals surface area contributed by atoms with Crippen molar-refractivity contribution in [3.05, 3.63) is 120 Å². The normalized spacial score (nSPS) is 14.5. The number of aromatic nitrogens is 6. The Kier molecular flexibility index (Phi) is 11.9. The Morgan fingerprint density at radius 2 is 1.05 bits per heavy atom. The van der Waals surface area contributed by atoms with E-state index in [1.165, 1.54) is 34.4 Å². The molecule has 308 valence electrons. The predicted molar refractivity (Wildman–Crippen MR) is 223 cm³/mol. The van der Waals surface area contributed by atoms with Crippen molar-refractivity contribution in [2.45, 2.75) is 48.9 Å². The maximum Gasteiger partial charge on any atom is 0.502 e. The van der Waals surface area contributed by atoms with E-state index >= 15 is 0 Å². The number of sulfone groups is 1. The maximum absolute atomic E-state index is 13.0. The van der Waals surface area contributed by atoms with E-state index in [0.717, 1.165) is 68.6 Å². The number of para-hydroxylation sites is 3. The van der Waals surface area contributed by atoms with Gasteiger partial charge in [0.05, 0.1) is 0 Å². The molecule has 0 radical (unpaired) electrons. The molecule has 9 rings (SSSR count). The molecule has 0 aliphatic carbocycles. The summed E-state index contributed by atoms with van der Waals surface area (Å²) in [5.41, 5.74) is 18.3. The number of nitrogen functional groups attached to an aromatic ring is 3. The van der Waals surface area contributed by atoms with Crippen LogP contribution in [0.1, 0.15) is 41.5 Å². The standard InChI is InChI=1S/C14H13F3N4O2S.C14H13N5.C13H14N4/c15-14(16,17)24(22,23)11-12(18)19-8-20-13(11)21-7-3-5-9-4-1-2-6-10(9)21;15-8-11-13(16)17-9-18-14(11)19-7-3-5-10-4-1-2-6-12(10)19;14-12-8-13(16-9-15-12)17-7-3-5-10-4-1-2-6-11(10)17/h1-2,4,6,8H,3,5,7H2,(H2,18,19,20);1-2,4,6,9H,3,5,7H2,(H2,16,17,18);1-2,4,6,8-9H,3,5,7H2,(H2,14,15,16). The monoisotopic (exact) mass is 835 g/mol. The Morgan fingerprint density at radius 1 is 0.600 bits per heavy atom. The summed E-state index contributed by atoms with van der Waals surface area (Å²) in [4.78, 5) is 28.2. The zero-order chi connectivity index (χ0) is 42.4. The van der Waals surface area contributed by atoms with E-state index in [0.29, 0.717) is 35.9 Å². The van der Waals surface area contributed by atoms with Crippen LogP contribution < -0.4 is 31.9 Å². The third-order valence-electron chi connectivity index (χ3n) is 10.1. The van der Waals surface area contributed by atoms with Gasteiger partial charge in [-0.1, -0.05) is 54.6 Å². The fraction of sp³-hybridized carbons (Fsp3) is 0.244. The fourth-order valence-electron chi connectivity index (χ4n) is 7.43. The van der Waals surface area contributed by atoms with Gasteiger partial charge in [0.1, 0.15) is 53.9 Å². The van der Waals surface area contributed by atoms with Gasteiger partial charge < -0.3 is 31.9 Å². The first-order valence-electron chi connectivity index (χ1n) is 18.9. The molecule has 3 aliphatic rings. The van der Waals surface area contributed by atoms with Gasteiger partial charge in [-0.15, -0.1) is 0 Å². The molecule has 19 heteroatoms. The minimum Gasteiger partial charge on any atom is -0.384 e. The smallest absolute Gasteiger partial charge is 0.384 e. The Balaban J connectivity index is 0.000000138. The second-order valence-corrected chi connectivity index (χ2v) is 15.8. The summed E-state index contributed by atoms with van der Waals surface area (Å²) in [5, 5.41) is 9.24. The van der Waals surface area contributed by atoms with Crippen molar-refractivity contribution in [1.29, 1.82) is 5.26 Å². The second-order valence-electron chi connectivity index (χ2n) is 13.9. The van der Waals surface area contributed by atoms with Crippen molar-refractivity contribution >= 4 is 61.8 Å². The van der Waals surface area contributed by atoms with Gasteiger partial charge in [-0.25, -0.2) is 38.3 Å². The number of rotatable bonds is 4. The van der Waals surface area contributed by atoms with E-state index < -0.39 is 26.1 Å². The van der Waals surface area contributed by atoms with Crippen molar-refractivity contribution < 1.29 is 21.6 Å². The van der Waals surface area contributed by atoms with Crippen LogP contribution in [0, 0.1) is 11.3 Å². The molecule has 0 unspecified atom stereocenters. The maximum atomic E-state index is 13.0. The molecule has 15 nitrogen and oxygen atoms in total. The first-order chi connectivity index (χ1) is 28.9. The molecule has 3 aliphatic heterocycles. The van der Waals surface area contributed by atoms with Crippen molar-refractivity contribution in [2.24, 2.45) is 0 Å². The van der Waals surface area contributed by atoms with Crippen LogP contribution >= 0.6 is 0 Å². The first-order valence-corrected chi connectivity index (χ1v) is 20.4. The molecule has 0 atom stereocenters. The topological polar surface area (TPSA) is 223 Å². The van der Waals surface area contributed by atoms with Crippen molar-refractivity contribution in [3.8, 4) is 6.07 Å². The third-order valence-corrected chi connectivity index (χ3v) is 11.7. The summed E-state index contributed by atoms with van der Waals surface area (Å²) in [7, 11) is -5.68. The summed E-state index contributed by atoms with van der Waals surface area (Å²) >= 11 is 0. The van der Waals surface area contributed by atoms with E-state index in [9.17, 15) is 26.9 Å². The summed E-state index contributed by atoms with van der Waals surface area (Å²) < 4.78 is 63.0. The quantitative estimate of drug-likeness (QED) is 0.170. The van der Waals surface area contributed by atoms with E-state index in [4.69, 9.17) is 17.2 Å². The molecular weight excluding hydrogens is 796 g/mol. The van der Waals surface area contributed by atoms with Crippen molar-refractivity contribution in [1.82, 2.24) is 29.9 Å². The first kappa shape index (κ1) is 41.1. The number of nitrogens with zero attached hydrogens (tertiary/aromatic N) is 10. The number of benzene rings is 3. The number of nitriles is 1. The highest BCUT2D eigenvalue weighted by Gasteiger charge is 2.50. The number of hydrogen-bond donors (Lipinski definition) is 3. The Labute approximate surface area is 344 Å². The summed E-state index contributed by atoms with van der Waals surface area (Å²) in [5.74, 6) is 1.15. The molecule has 0 fully saturated rings. The average Bonchev–Trinajstić information content (AvgIpc) is 3.25. The number of alkyl halides is 3. The fourth-order valence-corrected chi connectivity index (χ4v) is 8.40. The lowest BCUT2D eigenvalue weighted by Gasteiger charge is -2.31. The molecule has 3 aromatic heterocycles. The minimum atomic E-state index is -5.68. The molecule has 6 heterocycles. The predicted octanol–water partition coefficient (Wildman–Crippen LogP) is 6.59. The van der Waals surface area contributed by atoms with Crippen molar-refractivity contribution in [2.75, 3.05) is 51.5 Å². The van der Waals surface area contributed by atoms with Crippen molar-refractivity contribution in [3.63, 3.8) is 0 Å². The highest BCUT2D eigenvalue weighted by Crippen LogP contribution is 2.42. The zero-order valence-corrected chi connectivity index (χ0v) is 33.0. The number of halogens is 3. The van der Waals surface area contributed by atoms with Crippen LogP contribution in [0.3, 0.4) is 0 Å². The zero-order valence-electron chi connectivity index (χ0n) is 32.2. The lowest BCUT2D eigenvalue weighted by molar-refractivity contribution is -0.0435. The van der Waals surface area contributed by atoms with Gasteiger partial charge in [0.15, 0.2) is 16.5 Å². The lowest BCUT2D eigenvalue weighted by atomic mass is 10.0. The molecule has 0 amide bonds. The van der Waals surface area contributed by atoms with Crippen LogP contribution in [-0.2, 0) is 29.1 Å². The van der Waals surface area contributed by atoms with Crippen LogP contribution in [0.5, 0.6) is 0 Å². The lowest BCUT2D eigenvalue weighted by Crippen LogP contribution is -2.31. The number of hydrogen-bond acceptors (Lipinski definition) is 15. The Morgan fingerprint density at radius 3 is 1.57 bits per heavy atom. The van der Waals surface area contributed by atoms with Gasteiger partial charge >= 0.3 is 5.51 Å². The van der Waals surface area contributed by atoms with Gasteiger partial charge in [0.2, 0.25) is 0 Å². The van der Waals surface area contributed by atoms with E-state index in [-0.39, 0.29) is 11.6 Å². The Bertz CT molecular complexity index is 2660. The highest BCUT2D eigenvalue weighted by molar-refractivity contribution is 7.92. The molecule has 6 N–H and O–H groups in total. The average molecular weight is 836 g/mol. The molecule has 0 saturated heterocycles. The van der Waals surface area contributed by atoms with Gasteiger partial charge in [-0.2, -0.15) is 18.4 Å². The Hall–Kier alpha value is -7.07. The van der Waals surface area contributed by atoms with Crippen LogP contribution in [-0.4, -0.2) is 63.5 Å². The molecule has 60 heavy (non-hydrogen) atoms. The SMILES string of the molecule is N#Cc1c(N)ncnc1N1CCCc2ccccc21.Nc1cc(N2CCCc3ccccc32)ncn1.Nc1ncnc(N2CCCc3ccccc32)c1S(=O)(=O)C(F)(F)F. The highest BCUT2D eigenvalue weighted by atomic mass is 32.2. The molecule has 0 saturated carbocycles. The van der Waals surface area contributed by atoms with Crippen LogP contribution in [0.4, 0.5) is 65.1 Å². The van der Waals surface area contributed by atoms with Gasteiger partial charge in [0.25, 0.3) is 9.84 Å². The molecule has 0 spiro atoms. The minimum absolute atomic E-state index is 0.232. The molecule has 3 aromatic carbocycles. The second kappa shape index (κ2) is 17.4. The van der Waals surface area contributed by atoms with Crippen LogP contribution in [0.25, 0.3) is 0 Å². The van der Waals surface area contributed by atoms with Crippen LogP contribution in [0.2, 0.25) is 0 Å². The van der Waals surface area contributed by atoms with Gasteiger partial charge in [-0.3, -0.25) is 0 Å². The summed E-state index contributed by atoms with van der Waals surface area (Å²) in [6.07, 6.45) is 9.62. The summed E-state index contributed by atoms with van der Waals surface area (Å²) in [6.45, 7) is 2.14. The van der Waals surface area contributed by atoms with Crippen LogP contribution in [0.15, 0.2) is 103 Å². The van der Waals surface area contributed by atoms with E-state index in [1.54, 1.807) is 12.1 Å². The third kappa shape index (κ3) is 8.40. The van der Waals surface area contributed by atoms with Gasteiger partial charge in [-0.05, 0) is 73.4 Å².